The molecule has 5 nitrogen and oxygen atoms in total. The number of alkyl halides is 3. The molecule has 0 aliphatic heterocycles. The number of thioether (sulfide) groups is 1. The minimum absolute atomic E-state index is 0.140. The molecule has 0 fully saturated rings. The molecule has 3 rings (SSSR count). The second-order valence-electron chi connectivity index (χ2n) is 8.01. The van der Waals surface area contributed by atoms with Gasteiger partial charge in [0.05, 0.1) is 16.1 Å². The monoisotopic (exact) mass is 590 g/mol. The molecule has 0 saturated carbocycles. The number of carbonyl (C=O) groups is 1. The van der Waals surface area contributed by atoms with Crippen molar-refractivity contribution in [1.29, 1.82) is 0 Å². The van der Waals surface area contributed by atoms with Gasteiger partial charge in [0.1, 0.15) is 6.54 Å². The Labute approximate surface area is 228 Å². The molecular formula is C25H23Cl2F3N2O3S2. The molecule has 37 heavy (non-hydrogen) atoms. The summed E-state index contributed by atoms with van der Waals surface area (Å²) in [6, 6.07) is 14.9. The van der Waals surface area contributed by atoms with Gasteiger partial charge in [0, 0.05) is 28.1 Å². The lowest BCUT2D eigenvalue weighted by Crippen LogP contribution is -2.41. The number of hydrogen-bond acceptors (Lipinski definition) is 4. The Bertz CT molecular complexity index is 1350. The van der Waals surface area contributed by atoms with E-state index in [1.807, 2.05) is 0 Å². The molecule has 1 N–H and O–H groups in total. The SMILES string of the molecule is Cc1ccc(S(=O)(=O)N(CC(=O)NCCSCc2ccc(Cl)cc2Cl)c2cccc(C(F)(F)F)c2)cc1. The number of rotatable bonds is 10. The van der Waals surface area contributed by atoms with Gasteiger partial charge in [0.25, 0.3) is 10.0 Å². The summed E-state index contributed by atoms with van der Waals surface area (Å²) in [4.78, 5) is 12.5. The highest BCUT2D eigenvalue weighted by molar-refractivity contribution is 7.98. The van der Waals surface area contributed by atoms with Crippen LogP contribution in [0.15, 0.2) is 71.6 Å². The van der Waals surface area contributed by atoms with E-state index < -0.39 is 34.2 Å². The quantitative estimate of drug-likeness (QED) is 0.271. The molecule has 12 heteroatoms. The zero-order chi connectivity index (χ0) is 27.2. The van der Waals surface area contributed by atoms with Gasteiger partial charge < -0.3 is 5.32 Å². The van der Waals surface area contributed by atoms with Crippen molar-refractivity contribution in [2.75, 3.05) is 23.1 Å². The molecule has 0 spiro atoms. The third-order valence-corrected chi connectivity index (χ3v) is 8.58. The van der Waals surface area contributed by atoms with Crippen LogP contribution in [0.25, 0.3) is 0 Å². The van der Waals surface area contributed by atoms with E-state index in [-0.39, 0.29) is 17.1 Å². The maximum Gasteiger partial charge on any atom is 0.416 e. The van der Waals surface area contributed by atoms with Crippen molar-refractivity contribution in [3.05, 3.63) is 93.5 Å². The summed E-state index contributed by atoms with van der Waals surface area (Å²) < 4.78 is 67.3. The number of hydrogen-bond donors (Lipinski definition) is 1. The van der Waals surface area contributed by atoms with E-state index >= 15 is 0 Å². The van der Waals surface area contributed by atoms with Crippen molar-refractivity contribution in [2.45, 2.75) is 23.7 Å². The molecule has 0 atom stereocenters. The average Bonchev–Trinajstić information content (AvgIpc) is 2.83. The number of sulfonamides is 1. The zero-order valence-corrected chi connectivity index (χ0v) is 22.7. The fraction of sp³-hybridized carbons (Fsp3) is 0.240. The summed E-state index contributed by atoms with van der Waals surface area (Å²) in [6.45, 7) is 1.30. The van der Waals surface area contributed by atoms with Gasteiger partial charge in [0.15, 0.2) is 0 Å². The molecule has 0 unspecified atom stereocenters. The summed E-state index contributed by atoms with van der Waals surface area (Å²) in [7, 11) is -4.33. The van der Waals surface area contributed by atoms with Crippen molar-refractivity contribution in [1.82, 2.24) is 5.32 Å². The van der Waals surface area contributed by atoms with E-state index in [0.717, 1.165) is 23.3 Å². The second-order valence-corrected chi connectivity index (χ2v) is 11.8. The van der Waals surface area contributed by atoms with E-state index in [0.29, 0.717) is 31.9 Å². The van der Waals surface area contributed by atoms with Crippen molar-refractivity contribution >= 4 is 56.6 Å². The van der Waals surface area contributed by atoms with Crippen LogP contribution in [0.1, 0.15) is 16.7 Å². The highest BCUT2D eigenvalue weighted by atomic mass is 35.5. The third-order valence-electron chi connectivity index (χ3n) is 5.20. The van der Waals surface area contributed by atoms with Gasteiger partial charge in [-0.25, -0.2) is 8.42 Å². The molecule has 1 amide bonds. The molecule has 0 radical (unpaired) electrons. The lowest BCUT2D eigenvalue weighted by Gasteiger charge is -2.25. The lowest BCUT2D eigenvalue weighted by molar-refractivity contribution is -0.137. The van der Waals surface area contributed by atoms with Gasteiger partial charge >= 0.3 is 6.18 Å². The van der Waals surface area contributed by atoms with Crippen molar-refractivity contribution in [3.63, 3.8) is 0 Å². The number of nitrogens with zero attached hydrogens (tertiary/aromatic N) is 1. The van der Waals surface area contributed by atoms with Crippen LogP contribution in [-0.2, 0) is 26.7 Å². The fourth-order valence-corrected chi connectivity index (χ4v) is 6.09. The molecule has 0 heterocycles. The lowest BCUT2D eigenvalue weighted by atomic mass is 10.2. The molecule has 0 saturated heterocycles. The van der Waals surface area contributed by atoms with E-state index in [4.69, 9.17) is 23.2 Å². The van der Waals surface area contributed by atoms with Crippen LogP contribution in [-0.4, -0.2) is 33.2 Å². The van der Waals surface area contributed by atoms with Crippen LogP contribution >= 0.6 is 35.0 Å². The highest BCUT2D eigenvalue weighted by Crippen LogP contribution is 2.33. The second kappa shape index (κ2) is 12.4. The minimum atomic E-state index is -4.68. The fourth-order valence-electron chi connectivity index (χ4n) is 3.26. The Morgan fingerprint density at radius 2 is 1.73 bits per heavy atom. The van der Waals surface area contributed by atoms with E-state index in [2.05, 4.69) is 5.32 Å². The van der Waals surface area contributed by atoms with E-state index in [9.17, 15) is 26.4 Å². The van der Waals surface area contributed by atoms with E-state index in [1.165, 1.54) is 30.0 Å². The van der Waals surface area contributed by atoms with Crippen LogP contribution < -0.4 is 9.62 Å². The predicted molar refractivity (Wildman–Crippen MR) is 143 cm³/mol. The van der Waals surface area contributed by atoms with Gasteiger partial charge in [-0.05, 0) is 55.0 Å². The smallest absolute Gasteiger partial charge is 0.354 e. The summed E-state index contributed by atoms with van der Waals surface area (Å²) >= 11 is 13.5. The van der Waals surface area contributed by atoms with Crippen LogP contribution in [0.2, 0.25) is 10.0 Å². The van der Waals surface area contributed by atoms with Gasteiger partial charge in [-0.3, -0.25) is 9.10 Å². The van der Waals surface area contributed by atoms with Gasteiger partial charge in [0.2, 0.25) is 5.91 Å². The normalized spacial score (nSPS) is 11.8. The first-order valence-corrected chi connectivity index (χ1v) is 14.3. The first kappa shape index (κ1) is 29.2. The molecule has 0 aliphatic rings. The Kier molecular flexibility index (Phi) is 9.80. The number of aryl methyl sites for hydroxylation is 1. The van der Waals surface area contributed by atoms with Crippen molar-refractivity contribution in [3.8, 4) is 0 Å². The Morgan fingerprint density at radius 3 is 2.38 bits per heavy atom. The summed E-state index contributed by atoms with van der Waals surface area (Å²) in [5, 5.41) is 3.68. The van der Waals surface area contributed by atoms with Crippen molar-refractivity contribution < 1.29 is 26.4 Å². The molecule has 0 aromatic heterocycles. The predicted octanol–water partition coefficient (Wildman–Crippen LogP) is 6.57. The maximum absolute atomic E-state index is 13.4. The largest absolute Gasteiger partial charge is 0.416 e. The Balaban J connectivity index is 1.72. The van der Waals surface area contributed by atoms with Crippen molar-refractivity contribution in [2.24, 2.45) is 0 Å². The number of amides is 1. The first-order chi connectivity index (χ1) is 17.4. The van der Waals surface area contributed by atoms with Crippen LogP contribution in [0.5, 0.6) is 0 Å². The molecule has 3 aromatic rings. The van der Waals surface area contributed by atoms with Crippen LogP contribution in [0, 0.1) is 6.92 Å². The zero-order valence-electron chi connectivity index (χ0n) is 19.6. The van der Waals surface area contributed by atoms with Gasteiger partial charge in [-0.2, -0.15) is 24.9 Å². The number of nitrogens with one attached hydrogen (secondary N) is 1. The first-order valence-electron chi connectivity index (χ1n) is 10.9. The van der Waals surface area contributed by atoms with Gasteiger partial charge in [-0.1, -0.05) is 53.0 Å². The highest BCUT2D eigenvalue weighted by Gasteiger charge is 2.33. The number of carbonyl (C=O) groups excluding carboxylic acids is 1. The van der Waals surface area contributed by atoms with Gasteiger partial charge in [-0.15, -0.1) is 0 Å². The third kappa shape index (κ3) is 8.04. The maximum atomic E-state index is 13.4. The Hall–Kier alpha value is -2.40. The number of halogens is 5. The standard InChI is InChI=1S/C25H23Cl2F3N2O3S2/c1-17-5-9-22(10-6-17)37(34,35)32(21-4-2-3-19(13-21)25(28,29)30)15-24(33)31-11-12-36-16-18-7-8-20(26)14-23(18)27/h2-10,13-14H,11-12,15-16H2,1H3,(H,31,33). The molecule has 3 aromatic carbocycles. The average molecular weight is 592 g/mol. The van der Waals surface area contributed by atoms with E-state index in [1.54, 1.807) is 37.3 Å². The summed E-state index contributed by atoms with van der Waals surface area (Å²) in [6.07, 6.45) is -4.68. The Morgan fingerprint density at radius 1 is 1.03 bits per heavy atom. The summed E-state index contributed by atoms with van der Waals surface area (Å²) in [5.41, 5.74) is 0.395. The van der Waals surface area contributed by atoms with Crippen LogP contribution in [0.4, 0.5) is 18.9 Å². The molecule has 0 aliphatic carbocycles. The molecule has 0 bridgehead atoms. The topological polar surface area (TPSA) is 66.5 Å². The number of anilines is 1. The summed E-state index contributed by atoms with van der Waals surface area (Å²) in [5.74, 6) is 0.418. The number of benzene rings is 3. The molecular weight excluding hydrogens is 568 g/mol. The minimum Gasteiger partial charge on any atom is -0.354 e. The molecule has 198 valence electrons. The van der Waals surface area contributed by atoms with Crippen LogP contribution in [0.3, 0.4) is 0 Å².